The van der Waals surface area contributed by atoms with Gasteiger partial charge in [-0.1, -0.05) is 18.2 Å². The van der Waals surface area contributed by atoms with Gasteiger partial charge in [0.25, 0.3) is 0 Å². The van der Waals surface area contributed by atoms with Crippen LogP contribution in [0.25, 0.3) is 0 Å². The minimum Gasteiger partial charge on any atom is -0.480 e. The molecule has 1 N–H and O–H groups in total. The highest BCUT2D eigenvalue weighted by atomic mass is 19.3. The minimum atomic E-state index is -2.86. The molecule has 4 nitrogen and oxygen atoms in total. The first-order valence-electron chi connectivity index (χ1n) is 6.05. The molecule has 0 aliphatic rings. The zero-order valence-electron chi connectivity index (χ0n) is 11.1. The first-order valence-corrected chi connectivity index (χ1v) is 6.05. The lowest BCUT2D eigenvalue weighted by Crippen LogP contribution is -2.32. The third kappa shape index (κ3) is 4.97. The molecule has 20 heavy (non-hydrogen) atoms. The molecule has 6 heteroatoms. The van der Waals surface area contributed by atoms with E-state index in [1.165, 1.54) is 12.1 Å². The maximum absolute atomic E-state index is 12.0. The van der Waals surface area contributed by atoms with E-state index in [0.717, 1.165) is 5.56 Å². The minimum absolute atomic E-state index is 0.0736. The third-order valence-electron chi connectivity index (χ3n) is 2.84. The van der Waals surface area contributed by atoms with Crippen molar-refractivity contribution in [3.05, 3.63) is 42.5 Å². The molecule has 1 atom stereocenters. The van der Waals surface area contributed by atoms with Gasteiger partial charge in [0, 0.05) is 12.6 Å². The van der Waals surface area contributed by atoms with Crippen LogP contribution in [0.4, 0.5) is 8.78 Å². The van der Waals surface area contributed by atoms with Gasteiger partial charge in [-0.2, -0.15) is 8.78 Å². The second-order valence-electron chi connectivity index (χ2n) is 4.24. The maximum atomic E-state index is 12.0. The Bertz CT molecular complexity index is 448. The smallest absolute Gasteiger partial charge is 0.387 e. The van der Waals surface area contributed by atoms with Crippen molar-refractivity contribution in [2.75, 3.05) is 13.1 Å². The number of aliphatic carboxylic acids is 1. The summed E-state index contributed by atoms with van der Waals surface area (Å²) in [7, 11) is 0. The van der Waals surface area contributed by atoms with Crippen molar-refractivity contribution in [2.24, 2.45) is 0 Å². The molecule has 0 saturated carbocycles. The highest BCUT2D eigenvalue weighted by molar-refractivity contribution is 5.69. The van der Waals surface area contributed by atoms with Crippen molar-refractivity contribution >= 4 is 5.97 Å². The highest BCUT2D eigenvalue weighted by Gasteiger charge is 2.17. The fourth-order valence-electron chi connectivity index (χ4n) is 1.84. The van der Waals surface area contributed by atoms with E-state index < -0.39 is 12.6 Å². The van der Waals surface area contributed by atoms with Gasteiger partial charge in [0.2, 0.25) is 0 Å². The van der Waals surface area contributed by atoms with Gasteiger partial charge in [-0.05, 0) is 24.6 Å². The molecule has 110 valence electrons. The number of rotatable bonds is 8. The molecular formula is C14H17F2NO3. The first kappa shape index (κ1) is 16.1. The standard InChI is InChI=1S/C14H17F2NO3/c1-3-8-17(9-13(18)19)10(2)11-4-6-12(7-5-11)20-14(15)16/h3-7,10,14H,1,8-9H2,2H3,(H,18,19). The fraction of sp³-hybridized carbons (Fsp3) is 0.357. The van der Waals surface area contributed by atoms with Gasteiger partial charge in [-0.15, -0.1) is 6.58 Å². The summed E-state index contributed by atoms with van der Waals surface area (Å²) in [6.07, 6.45) is 1.62. The normalized spacial score (nSPS) is 12.4. The van der Waals surface area contributed by atoms with Crippen LogP contribution in [0.15, 0.2) is 36.9 Å². The Morgan fingerprint density at radius 1 is 1.45 bits per heavy atom. The van der Waals surface area contributed by atoms with E-state index in [9.17, 15) is 13.6 Å². The summed E-state index contributed by atoms with van der Waals surface area (Å²) in [5.74, 6) is -0.860. The molecular weight excluding hydrogens is 268 g/mol. The predicted molar refractivity (Wildman–Crippen MR) is 70.9 cm³/mol. The topological polar surface area (TPSA) is 49.8 Å². The monoisotopic (exact) mass is 285 g/mol. The number of carboxylic acid groups (broad SMARTS) is 1. The van der Waals surface area contributed by atoms with Crippen molar-refractivity contribution in [1.29, 1.82) is 0 Å². The second-order valence-corrected chi connectivity index (χ2v) is 4.24. The van der Waals surface area contributed by atoms with Gasteiger partial charge in [-0.25, -0.2) is 0 Å². The number of benzene rings is 1. The molecule has 0 aliphatic heterocycles. The zero-order valence-corrected chi connectivity index (χ0v) is 11.1. The molecule has 1 rings (SSSR count). The molecule has 0 spiro atoms. The molecule has 0 fully saturated rings. The van der Waals surface area contributed by atoms with E-state index in [0.29, 0.717) is 6.54 Å². The molecule has 0 saturated heterocycles. The summed E-state index contributed by atoms with van der Waals surface area (Å²) in [5.41, 5.74) is 0.815. The van der Waals surface area contributed by atoms with Crippen LogP contribution in [0.3, 0.4) is 0 Å². The summed E-state index contributed by atoms with van der Waals surface area (Å²) in [5, 5.41) is 8.87. The van der Waals surface area contributed by atoms with Crippen molar-refractivity contribution in [3.8, 4) is 5.75 Å². The first-order chi connectivity index (χ1) is 9.43. The molecule has 1 aromatic rings. The highest BCUT2D eigenvalue weighted by Crippen LogP contribution is 2.23. The molecule has 1 aromatic carbocycles. The van der Waals surface area contributed by atoms with E-state index in [4.69, 9.17) is 5.11 Å². The van der Waals surface area contributed by atoms with Crippen LogP contribution in [0.1, 0.15) is 18.5 Å². The number of ether oxygens (including phenoxy) is 1. The lowest BCUT2D eigenvalue weighted by Gasteiger charge is -2.26. The summed E-state index contributed by atoms with van der Waals surface area (Å²) in [4.78, 5) is 12.5. The van der Waals surface area contributed by atoms with Crippen LogP contribution >= 0.6 is 0 Å². The third-order valence-corrected chi connectivity index (χ3v) is 2.84. The summed E-state index contributed by atoms with van der Waals surface area (Å²) >= 11 is 0. The molecule has 1 unspecified atom stereocenters. The van der Waals surface area contributed by atoms with Gasteiger partial charge in [0.05, 0.1) is 6.54 Å². The van der Waals surface area contributed by atoms with Crippen molar-refractivity contribution < 1.29 is 23.4 Å². The van der Waals surface area contributed by atoms with Crippen molar-refractivity contribution in [1.82, 2.24) is 4.90 Å². The van der Waals surface area contributed by atoms with E-state index in [1.807, 2.05) is 6.92 Å². The summed E-state index contributed by atoms with van der Waals surface area (Å²) in [6.45, 7) is 2.87. The summed E-state index contributed by atoms with van der Waals surface area (Å²) < 4.78 is 28.4. The van der Waals surface area contributed by atoms with Gasteiger partial charge >= 0.3 is 12.6 Å². The van der Waals surface area contributed by atoms with Gasteiger partial charge in [0.1, 0.15) is 5.75 Å². The SMILES string of the molecule is C=CCN(CC(=O)O)C(C)c1ccc(OC(F)F)cc1. The second kappa shape index (κ2) is 7.59. The molecule has 0 bridgehead atoms. The fourth-order valence-corrected chi connectivity index (χ4v) is 1.84. The summed E-state index contributed by atoms with van der Waals surface area (Å²) in [6, 6.07) is 5.97. The number of alkyl halides is 2. The van der Waals surface area contributed by atoms with Crippen LogP contribution in [0, 0.1) is 0 Å². The molecule has 0 amide bonds. The van der Waals surface area contributed by atoms with E-state index in [-0.39, 0.29) is 18.3 Å². The van der Waals surface area contributed by atoms with Gasteiger partial charge in [-0.3, -0.25) is 9.69 Å². The Morgan fingerprint density at radius 3 is 2.50 bits per heavy atom. The van der Waals surface area contributed by atoms with Crippen LogP contribution in [-0.2, 0) is 4.79 Å². The van der Waals surface area contributed by atoms with Crippen molar-refractivity contribution in [2.45, 2.75) is 19.6 Å². The molecule has 0 aliphatic carbocycles. The maximum Gasteiger partial charge on any atom is 0.387 e. The van der Waals surface area contributed by atoms with Crippen LogP contribution in [0.5, 0.6) is 5.75 Å². The van der Waals surface area contributed by atoms with Gasteiger partial charge in [0.15, 0.2) is 0 Å². The lowest BCUT2D eigenvalue weighted by molar-refractivity contribution is -0.138. The number of carboxylic acids is 1. The van der Waals surface area contributed by atoms with E-state index >= 15 is 0 Å². The Labute approximate surface area is 116 Å². The van der Waals surface area contributed by atoms with Crippen molar-refractivity contribution in [3.63, 3.8) is 0 Å². The average Bonchev–Trinajstić information content (AvgIpc) is 2.37. The number of nitrogens with zero attached hydrogens (tertiary/aromatic N) is 1. The van der Waals surface area contributed by atoms with E-state index in [2.05, 4.69) is 11.3 Å². The quantitative estimate of drug-likeness (QED) is 0.746. The van der Waals surface area contributed by atoms with E-state index in [1.54, 1.807) is 23.1 Å². The number of hydrogen-bond donors (Lipinski definition) is 1. The lowest BCUT2D eigenvalue weighted by atomic mass is 10.1. The van der Waals surface area contributed by atoms with Crippen LogP contribution < -0.4 is 4.74 Å². The molecule has 0 aromatic heterocycles. The van der Waals surface area contributed by atoms with Gasteiger partial charge < -0.3 is 9.84 Å². The Hall–Kier alpha value is -1.95. The number of hydrogen-bond acceptors (Lipinski definition) is 3. The zero-order chi connectivity index (χ0) is 15.1. The Kier molecular flexibility index (Phi) is 6.11. The van der Waals surface area contributed by atoms with Crippen LogP contribution in [-0.4, -0.2) is 35.7 Å². The number of halogens is 2. The Morgan fingerprint density at radius 2 is 2.05 bits per heavy atom. The van der Waals surface area contributed by atoms with Crippen LogP contribution in [0.2, 0.25) is 0 Å². The molecule has 0 radical (unpaired) electrons. The Balaban J connectivity index is 2.80. The number of carbonyl (C=O) groups is 1. The predicted octanol–water partition coefficient (Wildman–Crippen LogP) is 2.92. The largest absolute Gasteiger partial charge is 0.480 e. The molecule has 0 heterocycles. The average molecular weight is 285 g/mol.